The Morgan fingerprint density at radius 1 is 1.31 bits per heavy atom. The molecule has 1 saturated heterocycles. The van der Waals surface area contributed by atoms with Gasteiger partial charge < -0.3 is 5.32 Å². The van der Waals surface area contributed by atoms with E-state index in [1.807, 2.05) is 0 Å². The number of hydrogen-bond donors (Lipinski definition) is 1. The van der Waals surface area contributed by atoms with E-state index in [9.17, 15) is 0 Å². The van der Waals surface area contributed by atoms with Crippen molar-refractivity contribution in [1.82, 2.24) is 4.90 Å². The molecule has 1 aromatic rings. The summed E-state index contributed by atoms with van der Waals surface area (Å²) in [5.74, 6) is 2.59. The van der Waals surface area contributed by atoms with Crippen molar-refractivity contribution in [3.05, 3.63) is 29.8 Å². The van der Waals surface area contributed by atoms with E-state index in [4.69, 9.17) is 0 Å². The van der Waals surface area contributed by atoms with Gasteiger partial charge in [0.25, 0.3) is 0 Å². The first kappa shape index (κ1) is 11.8. The molecule has 0 atom stereocenters. The maximum absolute atomic E-state index is 3.48. The van der Waals surface area contributed by atoms with Gasteiger partial charge in [-0.1, -0.05) is 12.1 Å². The quantitative estimate of drug-likeness (QED) is 0.864. The minimum absolute atomic E-state index is 1.05. The predicted molar refractivity (Wildman–Crippen MR) is 73.4 cm³/mol. The largest absolute Gasteiger partial charge is 0.384 e. The lowest BCUT2D eigenvalue weighted by atomic mass is 10.2. The van der Waals surface area contributed by atoms with Gasteiger partial charge in [-0.15, -0.1) is 0 Å². The van der Waals surface area contributed by atoms with E-state index in [0.717, 1.165) is 13.1 Å². The fourth-order valence-electron chi connectivity index (χ4n) is 1.94. The molecule has 0 bridgehead atoms. The SMILES string of the molecule is Cc1cccc(NCCN2CCSCC2)c1. The number of thioether (sulfide) groups is 1. The number of rotatable bonds is 4. The van der Waals surface area contributed by atoms with Crippen molar-refractivity contribution in [2.45, 2.75) is 6.92 Å². The van der Waals surface area contributed by atoms with Crippen LogP contribution in [-0.2, 0) is 0 Å². The normalized spacial score (nSPS) is 17.3. The molecule has 1 aliphatic heterocycles. The van der Waals surface area contributed by atoms with Gasteiger partial charge in [-0.25, -0.2) is 0 Å². The highest BCUT2D eigenvalue weighted by atomic mass is 32.2. The summed E-state index contributed by atoms with van der Waals surface area (Å²) in [6, 6.07) is 8.58. The van der Waals surface area contributed by atoms with Crippen molar-refractivity contribution >= 4 is 17.4 Å². The van der Waals surface area contributed by atoms with Crippen LogP contribution in [-0.4, -0.2) is 42.6 Å². The summed E-state index contributed by atoms with van der Waals surface area (Å²) < 4.78 is 0. The van der Waals surface area contributed by atoms with Gasteiger partial charge in [0.05, 0.1) is 0 Å². The second-order valence-electron chi connectivity index (χ2n) is 4.25. The highest BCUT2D eigenvalue weighted by molar-refractivity contribution is 7.99. The predicted octanol–water partition coefficient (Wildman–Crippen LogP) is 2.46. The fourth-order valence-corrected chi connectivity index (χ4v) is 2.92. The fraction of sp³-hybridized carbons (Fsp3) is 0.538. The third kappa shape index (κ3) is 3.72. The van der Waals surface area contributed by atoms with E-state index in [2.05, 4.69) is 53.2 Å². The molecule has 2 nitrogen and oxygen atoms in total. The number of benzene rings is 1. The molecular weight excluding hydrogens is 216 g/mol. The zero-order valence-corrected chi connectivity index (χ0v) is 10.7. The van der Waals surface area contributed by atoms with Gasteiger partial charge in [-0.3, -0.25) is 4.90 Å². The monoisotopic (exact) mass is 236 g/mol. The van der Waals surface area contributed by atoms with Crippen molar-refractivity contribution in [3.63, 3.8) is 0 Å². The molecule has 1 N–H and O–H groups in total. The molecule has 16 heavy (non-hydrogen) atoms. The number of hydrogen-bond acceptors (Lipinski definition) is 3. The third-order valence-corrected chi connectivity index (χ3v) is 3.82. The molecule has 0 amide bonds. The standard InChI is InChI=1S/C13H20N2S/c1-12-3-2-4-13(11-12)14-5-6-15-7-9-16-10-8-15/h2-4,11,14H,5-10H2,1H3. The van der Waals surface area contributed by atoms with Crippen LogP contribution in [0.1, 0.15) is 5.56 Å². The Bertz CT molecular complexity index is 321. The van der Waals surface area contributed by atoms with Crippen LogP contribution in [0.4, 0.5) is 5.69 Å². The van der Waals surface area contributed by atoms with Crippen LogP contribution in [0.5, 0.6) is 0 Å². The molecule has 0 saturated carbocycles. The molecule has 0 radical (unpaired) electrons. The van der Waals surface area contributed by atoms with Gasteiger partial charge in [0.2, 0.25) is 0 Å². The van der Waals surface area contributed by atoms with E-state index in [-0.39, 0.29) is 0 Å². The van der Waals surface area contributed by atoms with Crippen molar-refractivity contribution in [2.24, 2.45) is 0 Å². The maximum atomic E-state index is 3.48. The summed E-state index contributed by atoms with van der Waals surface area (Å²) in [4.78, 5) is 2.54. The van der Waals surface area contributed by atoms with Gasteiger partial charge in [0.15, 0.2) is 0 Å². The first-order valence-electron chi connectivity index (χ1n) is 5.95. The van der Waals surface area contributed by atoms with E-state index < -0.39 is 0 Å². The molecule has 1 aromatic carbocycles. The summed E-state index contributed by atoms with van der Waals surface area (Å²) in [5, 5.41) is 3.48. The van der Waals surface area contributed by atoms with Crippen LogP contribution < -0.4 is 5.32 Å². The Morgan fingerprint density at radius 2 is 2.12 bits per heavy atom. The van der Waals surface area contributed by atoms with E-state index in [0.29, 0.717) is 0 Å². The minimum Gasteiger partial charge on any atom is -0.384 e. The highest BCUT2D eigenvalue weighted by Crippen LogP contribution is 2.10. The molecule has 0 unspecified atom stereocenters. The molecule has 0 aliphatic carbocycles. The van der Waals surface area contributed by atoms with Crippen molar-refractivity contribution in [3.8, 4) is 0 Å². The van der Waals surface area contributed by atoms with E-state index in [1.54, 1.807) is 0 Å². The molecule has 88 valence electrons. The lowest BCUT2D eigenvalue weighted by Gasteiger charge is -2.26. The Hall–Kier alpha value is -0.670. The lowest BCUT2D eigenvalue weighted by molar-refractivity contribution is 0.314. The molecule has 1 fully saturated rings. The molecule has 0 spiro atoms. The first-order chi connectivity index (χ1) is 7.84. The van der Waals surface area contributed by atoms with Crippen LogP contribution >= 0.6 is 11.8 Å². The number of aryl methyl sites for hydroxylation is 1. The van der Waals surface area contributed by atoms with Crippen molar-refractivity contribution in [2.75, 3.05) is 43.0 Å². The Morgan fingerprint density at radius 3 is 2.88 bits per heavy atom. The lowest BCUT2D eigenvalue weighted by Crippen LogP contribution is -2.36. The maximum Gasteiger partial charge on any atom is 0.0343 e. The Kier molecular flexibility index (Phi) is 4.55. The van der Waals surface area contributed by atoms with Gasteiger partial charge in [-0.05, 0) is 24.6 Å². The molecule has 1 heterocycles. The number of nitrogens with zero attached hydrogens (tertiary/aromatic N) is 1. The van der Waals surface area contributed by atoms with Gasteiger partial charge in [-0.2, -0.15) is 11.8 Å². The number of anilines is 1. The average Bonchev–Trinajstić information content (AvgIpc) is 2.30. The minimum atomic E-state index is 1.05. The smallest absolute Gasteiger partial charge is 0.0343 e. The second kappa shape index (κ2) is 6.16. The third-order valence-electron chi connectivity index (χ3n) is 2.88. The summed E-state index contributed by atoms with van der Waals surface area (Å²) in [6.07, 6.45) is 0. The average molecular weight is 236 g/mol. The van der Waals surface area contributed by atoms with Crippen LogP contribution in [0.25, 0.3) is 0 Å². The van der Waals surface area contributed by atoms with Crippen molar-refractivity contribution in [1.29, 1.82) is 0 Å². The zero-order chi connectivity index (χ0) is 11.2. The molecule has 0 aromatic heterocycles. The first-order valence-corrected chi connectivity index (χ1v) is 7.11. The van der Waals surface area contributed by atoms with Crippen LogP contribution in [0, 0.1) is 6.92 Å². The summed E-state index contributed by atoms with van der Waals surface area (Å²) in [5.41, 5.74) is 2.56. The Labute approximate surface area is 102 Å². The van der Waals surface area contributed by atoms with E-state index in [1.165, 1.54) is 35.8 Å². The highest BCUT2D eigenvalue weighted by Gasteiger charge is 2.08. The van der Waals surface area contributed by atoms with Gasteiger partial charge in [0.1, 0.15) is 0 Å². The molecular formula is C13H20N2S. The molecule has 1 aliphatic rings. The summed E-state index contributed by atoms with van der Waals surface area (Å²) in [7, 11) is 0. The second-order valence-corrected chi connectivity index (χ2v) is 5.48. The molecule has 2 rings (SSSR count). The topological polar surface area (TPSA) is 15.3 Å². The summed E-state index contributed by atoms with van der Waals surface area (Å²) in [6.45, 7) is 6.84. The molecule has 3 heteroatoms. The van der Waals surface area contributed by atoms with Gasteiger partial charge >= 0.3 is 0 Å². The van der Waals surface area contributed by atoms with Gasteiger partial charge in [0, 0.05) is 43.4 Å². The van der Waals surface area contributed by atoms with Crippen molar-refractivity contribution < 1.29 is 0 Å². The van der Waals surface area contributed by atoms with Crippen LogP contribution in [0.2, 0.25) is 0 Å². The summed E-state index contributed by atoms with van der Waals surface area (Å²) >= 11 is 2.07. The van der Waals surface area contributed by atoms with Crippen LogP contribution in [0.15, 0.2) is 24.3 Å². The van der Waals surface area contributed by atoms with Crippen LogP contribution in [0.3, 0.4) is 0 Å². The number of nitrogens with one attached hydrogen (secondary N) is 1. The van der Waals surface area contributed by atoms with E-state index >= 15 is 0 Å². The zero-order valence-electron chi connectivity index (χ0n) is 9.91. The Balaban J connectivity index is 1.71.